The van der Waals surface area contributed by atoms with Gasteiger partial charge in [-0.15, -0.1) is 0 Å². The van der Waals surface area contributed by atoms with Crippen molar-refractivity contribution in [1.29, 1.82) is 0 Å². The van der Waals surface area contributed by atoms with Gasteiger partial charge in [-0.1, -0.05) is 11.6 Å². The van der Waals surface area contributed by atoms with Gasteiger partial charge < -0.3 is 0 Å². The predicted octanol–water partition coefficient (Wildman–Crippen LogP) is 4.16. The lowest BCUT2D eigenvalue weighted by Crippen LogP contribution is -2.09. The highest BCUT2D eigenvalue weighted by atomic mass is 19.2. The van der Waals surface area contributed by atoms with Crippen LogP contribution in [-0.4, -0.2) is 0 Å². The molecule has 0 nitrogen and oxygen atoms in total. The summed E-state index contributed by atoms with van der Waals surface area (Å²) in [5.74, 6) is -6.36. The van der Waals surface area contributed by atoms with Crippen LogP contribution >= 0.6 is 0 Å². The Labute approximate surface area is 95.9 Å². The van der Waals surface area contributed by atoms with E-state index in [-0.39, 0.29) is 23.0 Å². The average molecular weight is 242 g/mol. The zero-order chi connectivity index (χ0) is 12.3. The maximum atomic E-state index is 13.7. The summed E-state index contributed by atoms with van der Waals surface area (Å²) in [5, 5.41) is 0. The smallest absolute Gasteiger partial charge is 0.197 e. The third-order valence-electron chi connectivity index (χ3n) is 3.92. The molecule has 1 aromatic carbocycles. The summed E-state index contributed by atoms with van der Waals surface area (Å²) in [4.78, 5) is 0. The number of halogens is 4. The zero-order valence-electron chi connectivity index (χ0n) is 9.16. The molecule has 90 valence electrons. The van der Waals surface area contributed by atoms with Crippen molar-refractivity contribution in [3.8, 4) is 0 Å². The molecule has 0 N–H and O–H groups in total. The fourth-order valence-electron chi connectivity index (χ4n) is 3.28. The van der Waals surface area contributed by atoms with Crippen LogP contribution in [0.5, 0.6) is 0 Å². The highest BCUT2D eigenvalue weighted by molar-refractivity contribution is 5.54. The summed E-state index contributed by atoms with van der Waals surface area (Å²) in [6, 6.07) is 0. The molecule has 0 spiro atoms. The van der Waals surface area contributed by atoms with E-state index in [4.69, 9.17) is 0 Å². The standard InChI is InChI=1S/C13H10F4/c1-2-5-6-3-4-7(5)9-8(6)10(14)12(16)13(17)11(9)15/h2,6-7H,3-4H2,1H3. The van der Waals surface area contributed by atoms with E-state index in [1.165, 1.54) is 0 Å². The van der Waals surface area contributed by atoms with Crippen molar-refractivity contribution in [2.24, 2.45) is 0 Å². The molecule has 17 heavy (non-hydrogen) atoms. The Kier molecular flexibility index (Phi) is 2.12. The molecule has 2 atom stereocenters. The van der Waals surface area contributed by atoms with E-state index in [1.807, 2.05) is 0 Å². The zero-order valence-corrected chi connectivity index (χ0v) is 9.16. The molecule has 2 aliphatic rings. The van der Waals surface area contributed by atoms with Gasteiger partial charge in [0.25, 0.3) is 0 Å². The van der Waals surface area contributed by atoms with E-state index in [2.05, 4.69) is 0 Å². The Morgan fingerprint density at radius 2 is 1.24 bits per heavy atom. The van der Waals surface area contributed by atoms with Gasteiger partial charge in [0.05, 0.1) is 0 Å². The molecule has 0 aromatic heterocycles. The largest absolute Gasteiger partial charge is 0.203 e. The Balaban J connectivity index is 2.36. The van der Waals surface area contributed by atoms with Crippen molar-refractivity contribution in [1.82, 2.24) is 0 Å². The van der Waals surface area contributed by atoms with Gasteiger partial charge in [0, 0.05) is 23.0 Å². The molecule has 1 saturated carbocycles. The summed E-state index contributed by atoms with van der Waals surface area (Å²) < 4.78 is 53.8. The third kappa shape index (κ3) is 1.13. The van der Waals surface area contributed by atoms with Crippen LogP contribution in [-0.2, 0) is 0 Å². The van der Waals surface area contributed by atoms with Gasteiger partial charge in [-0.2, -0.15) is 0 Å². The molecule has 3 rings (SSSR count). The van der Waals surface area contributed by atoms with Crippen LogP contribution in [0.25, 0.3) is 0 Å². The van der Waals surface area contributed by atoms with Crippen molar-refractivity contribution < 1.29 is 17.6 Å². The van der Waals surface area contributed by atoms with E-state index >= 15 is 0 Å². The molecule has 1 aromatic rings. The molecule has 0 heterocycles. The van der Waals surface area contributed by atoms with Gasteiger partial charge in [-0.25, -0.2) is 17.6 Å². The number of fused-ring (bicyclic) bond motifs is 5. The van der Waals surface area contributed by atoms with Crippen LogP contribution in [0.3, 0.4) is 0 Å². The molecule has 2 bridgehead atoms. The minimum atomic E-state index is -1.69. The summed E-state index contributed by atoms with van der Waals surface area (Å²) >= 11 is 0. The first kappa shape index (κ1) is 10.8. The first-order chi connectivity index (χ1) is 8.07. The number of hydrogen-bond donors (Lipinski definition) is 0. The van der Waals surface area contributed by atoms with Crippen LogP contribution in [0.1, 0.15) is 42.7 Å². The van der Waals surface area contributed by atoms with Gasteiger partial charge in [-0.3, -0.25) is 0 Å². The topological polar surface area (TPSA) is 0 Å². The van der Waals surface area contributed by atoms with Crippen LogP contribution < -0.4 is 0 Å². The van der Waals surface area contributed by atoms with E-state index in [0.717, 1.165) is 5.57 Å². The molecule has 2 aliphatic carbocycles. The third-order valence-corrected chi connectivity index (χ3v) is 3.92. The molecular weight excluding hydrogens is 232 g/mol. The van der Waals surface area contributed by atoms with E-state index in [1.54, 1.807) is 13.0 Å². The molecular formula is C13H10F4. The second kappa shape index (κ2) is 3.34. The maximum Gasteiger partial charge on any atom is 0.197 e. The minimum Gasteiger partial charge on any atom is -0.203 e. The van der Waals surface area contributed by atoms with Crippen molar-refractivity contribution in [2.75, 3.05) is 0 Å². The van der Waals surface area contributed by atoms with Crippen LogP contribution in [0.15, 0.2) is 11.6 Å². The van der Waals surface area contributed by atoms with Crippen molar-refractivity contribution in [3.05, 3.63) is 46.0 Å². The second-order valence-electron chi connectivity index (χ2n) is 4.55. The Bertz CT molecular complexity index is 500. The minimum absolute atomic E-state index is 0.0331. The first-order valence-electron chi connectivity index (χ1n) is 5.59. The highest BCUT2D eigenvalue weighted by Crippen LogP contribution is 2.58. The lowest BCUT2D eigenvalue weighted by molar-refractivity contribution is 0.394. The Morgan fingerprint density at radius 1 is 0.824 bits per heavy atom. The summed E-state index contributed by atoms with van der Waals surface area (Å²) in [6.07, 6.45) is 3.16. The Hall–Kier alpha value is -1.32. The lowest BCUT2D eigenvalue weighted by Gasteiger charge is -2.16. The Morgan fingerprint density at radius 3 is 1.59 bits per heavy atom. The maximum absolute atomic E-state index is 13.7. The normalized spacial score (nSPS) is 25.4. The first-order valence-corrected chi connectivity index (χ1v) is 5.59. The van der Waals surface area contributed by atoms with Crippen LogP contribution in [0, 0.1) is 23.3 Å². The van der Waals surface area contributed by atoms with Gasteiger partial charge in [-0.05, 0) is 19.8 Å². The van der Waals surface area contributed by atoms with E-state index < -0.39 is 23.3 Å². The predicted molar refractivity (Wildman–Crippen MR) is 54.7 cm³/mol. The molecule has 0 saturated heterocycles. The van der Waals surface area contributed by atoms with Crippen molar-refractivity contribution in [2.45, 2.75) is 31.6 Å². The van der Waals surface area contributed by atoms with Crippen molar-refractivity contribution >= 4 is 0 Å². The van der Waals surface area contributed by atoms with Crippen LogP contribution in [0.4, 0.5) is 17.6 Å². The van der Waals surface area contributed by atoms with E-state index in [0.29, 0.717) is 12.8 Å². The fraction of sp³-hybridized carbons (Fsp3) is 0.385. The average Bonchev–Trinajstić information content (AvgIpc) is 2.88. The molecule has 0 amide bonds. The van der Waals surface area contributed by atoms with Gasteiger partial charge in [0.15, 0.2) is 23.3 Å². The monoisotopic (exact) mass is 242 g/mol. The molecule has 4 heteroatoms. The summed E-state index contributed by atoms with van der Waals surface area (Å²) in [6.45, 7) is 1.79. The number of allylic oxidation sites excluding steroid dienone is 2. The fourth-order valence-corrected chi connectivity index (χ4v) is 3.28. The molecule has 0 aliphatic heterocycles. The lowest BCUT2D eigenvalue weighted by atomic mass is 9.90. The number of hydrogen-bond acceptors (Lipinski definition) is 0. The SMILES string of the molecule is CC=C1C2CCC1c1c(F)c(F)c(F)c(F)c12. The van der Waals surface area contributed by atoms with Gasteiger partial charge in [0.2, 0.25) is 0 Å². The molecule has 1 fully saturated rings. The van der Waals surface area contributed by atoms with Crippen molar-refractivity contribution in [3.63, 3.8) is 0 Å². The van der Waals surface area contributed by atoms with Gasteiger partial charge >= 0.3 is 0 Å². The highest BCUT2D eigenvalue weighted by Gasteiger charge is 2.46. The molecule has 2 unspecified atom stereocenters. The number of rotatable bonds is 0. The summed E-state index contributed by atoms with van der Waals surface area (Å²) in [7, 11) is 0. The summed E-state index contributed by atoms with van der Waals surface area (Å²) in [5.41, 5.74) is 0.958. The molecule has 0 radical (unpaired) electrons. The van der Waals surface area contributed by atoms with E-state index in [9.17, 15) is 17.6 Å². The van der Waals surface area contributed by atoms with Gasteiger partial charge in [0.1, 0.15) is 0 Å². The van der Waals surface area contributed by atoms with Crippen LogP contribution in [0.2, 0.25) is 0 Å². The number of benzene rings is 1. The second-order valence-corrected chi connectivity index (χ2v) is 4.55. The quantitative estimate of drug-likeness (QED) is 0.277.